The third-order valence-electron chi connectivity index (χ3n) is 5.14. The molecule has 3 N–H and O–H groups in total. The quantitative estimate of drug-likeness (QED) is 0.710. The monoisotopic (exact) mass is 346 g/mol. The number of H-pyrrole nitrogens is 1. The van der Waals surface area contributed by atoms with Crippen molar-refractivity contribution in [2.75, 3.05) is 6.54 Å². The number of aliphatic hydroxyl groups is 1. The smallest absolute Gasteiger partial charge is 0.274 e. The van der Waals surface area contributed by atoms with Gasteiger partial charge in [0.05, 0.1) is 17.1 Å². The van der Waals surface area contributed by atoms with Gasteiger partial charge in [-0.1, -0.05) is 26.7 Å². The SMILES string of the molecule is CCC(CC)C(O)CNC(=O)c1cc(C2CC2)nc2c1c(=O)[nH]n2C. The predicted octanol–water partition coefficient (Wildman–Crippen LogP) is 1.67. The Bertz CT molecular complexity index is 831. The first-order chi connectivity index (χ1) is 12.0. The normalized spacial score (nSPS) is 15.7. The summed E-state index contributed by atoms with van der Waals surface area (Å²) in [6, 6.07) is 1.73. The van der Waals surface area contributed by atoms with Crippen LogP contribution in [0.4, 0.5) is 0 Å². The van der Waals surface area contributed by atoms with Crippen LogP contribution < -0.4 is 10.9 Å². The van der Waals surface area contributed by atoms with Crippen molar-refractivity contribution in [2.24, 2.45) is 13.0 Å². The van der Waals surface area contributed by atoms with Gasteiger partial charge in [0.15, 0.2) is 5.65 Å². The summed E-state index contributed by atoms with van der Waals surface area (Å²) in [6.07, 6.45) is 3.25. The third-order valence-corrected chi connectivity index (χ3v) is 5.14. The van der Waals surface area contributed by atoms with Crippen molar-refractivity contribution in [2.45, 2.75) is 51.6 Å². The second kappa shape index (κ2) is 7.00. The molecule has 1 aliphatic carbocycles. The molecular weight excluding hydrogens is 320 g/mol. The number of aliphatic hydroxyl groups excluding tert-OH is 1. The Morgan fingerprint density at radius 2 is 2.12 bits per heavy atom. The summed E-state index contributed by atoms with van der Waals surface area (Å²) >= 11 is 0. The molecule has 2 aromatic heterocycles. The van der Waals surface area contributed by atoms with Crippen LogP contribution in [0.25, 0.3) is 11.0 Å². The molecule has 1 atom stereocenters. The number of rotatable bonds is 7. The van der Waals surface area contributed by atoms with Crippen LogP contribution in [0.3, 0.4) is 0 Å². The van der Waals surface area contributed by atoms with E-state index in [0.29, 0.717) is 22.5 Å². The van der Waals surface area contributed by atoms with Gasteiger partial charge < -0.3 is 10.4 Å². The number of amides is 1. The van der Waals surface area contributed by atoms with E-state index in [9.17, 15) is 14.7 Å². The van der Waals surface area contributed by atoms with E-state index in [2.05, 4.69) is 15.4 Å². The Morgan fingerprint density at radius 3 is 2.72 bits per heavy atom. The molecule has 2 aromatic rings. The summed E-state index contributed by atoms with van der Waals surface area (Å²) in [5.41, 5.74) is 1.37. The molecular formula is C18H26N4O3. The van der Waals surface area contributed by atoms with E-state index in [1.807, 2.05) is 13.8 Å². The van der Waals surface area contributed by atoms with Crippen molar-refractivity contribution in [1.29, 1.82) is 0 Å². The molecule has 1 unspecified atom stereocenters. The summed E-state index contributed by atoms with van der Waals surface area (Å²) in [4.78, 5) is 29.5. The largest absolute Gasteiger partial charge is 0.391 e. The average molecular weight is 346 g/mol. The minimum Gasteiger partial charge on any atom is -0.391 e. The summed E-state index contributed by atoms with van der Waals surface area (Å²) in [7, 11) is 1.71. The Morgan fingerprint density at radius 1 is 1.44 bits per heavy atom. The van der Waals surface area contributed by atoms with Crippen molar-refractivity contribution in [1.82, 2.24) is 20.1 Å². The molecule has 0 aromatic carbocycles. The third kappa shape index (κ3) is 3.46. The fraction of sp³-hybridized carbons (Fsp3) is 0.611. The number of aromatic nitrogens is 3. The maximum Gasteiger partial charge on any atom is 0.274 e. The van der Waals surface area contributed by atoms with Crippen molar-refractivity contribution in [3.63, 3.8) is 0 Å². The van der Waals surface area contributed by atoms with Gasteiger partial charge in [-0.25, -0.2) is 4.98 Å². The topological polar surface area (TPSA) is 100 Å². The van der Waals surface area contributed by atoms with Crippen LogP contribution in [0.5, 0.6) is 0 Å². The predicted molar refractivity (Wildman–Crippen MR) is 95.7 cm³/mol. The highest BCUT2D eigenvalue weighted by Gasteiger charge is 2.28. The number of nitrogens with zero attached hydrogens (tertiary/aromatic N) is 2. The van der Waals surface area contributed by atoms with Crippen molar-refractivity contribution in [3.05, 3.63) is 27.7 Å². The lowest BCUT2D eigenvalue weighted by atomic mass is 9.96. The van der Waals surface area contributed by atoms with Crippen molar-refractivity contribution < 1.29 is 9.90 Å². The van der Waals surface area contributed by atoms with Gasteiger partial charge >= 0.3 is 0 Å². The number of hydrogen-bond acceptors (Lipinski definition) is 4. The standard InChI is InChI=1S/C18H26N4O3/c1-4-10(5-2)14(23)9-19-17(24)12-8-13(11-6-7-11)20-16-15(12)18(25)21-22(16)3/h8,10-11,14,23H,4-7,9H2,1-3H3,(H,19,24)(H,21,25). The number of pyridine rings is 1. The van der Waals surface area contributed by atoms with Crippen molar-refractivity contribution >= 4 is 16.9 Å². The number of hydrogen-bond donors (Lipinski definition) is 3. The molecule has 2 heterocycles. The molecule has 1 fully saturated rings. The Balaban J connectivity index is 1.89. The van der Waals surface area contributed by atoms with Gasteiger partial charge in [0.1, 0.15) is 0 Å². The van der Waals surface area contributed by atoms with Crippen LogP contribution in [0.2, 0.25) is 0 Å². The van der Waals surface area contributed by atoms with Gasteiger partial charge in [-0.3, -0.25) is 19.4 Å². The van der Waals surface area contributed by atoms with Crippen LogP contribution >= 0.6 is 0 Å². The Hall–Kier alpha value is -2.15. The van der Waals surface area contributed by atoms with Crippen molar-refractivity contribution in [3.8, 4) is 0 Å². The molecule has 1 saturated carbocycles. The Labute approximate surface area is 146 Å². The number of nitrogens with one attached hydrogen (secondary N) is 2. The molecule has 136 valence electrons. The highest BCUT2D eigenvalue weighted by molar-refractivity contribution is 6.05. The zero-order valence-corrected chi connectivity index (χ0v) is 15.0. The van der Waals surface area contributed by atoms with E-state index in [-0.39, 0.29) is 23.9 Å². The van der Waals surface area contributed by atoms with E-state index < -0.39 is 6.10 Å². The maximum atomic E-state index is 12.7. The van der Waals surface area contributed by atoms with Gasteiger partial charge in [-0.05, 0) is 24.8 Å². The first kappa shape index (κ1) is 17.7. The second-order valence-corrected chi connectivity index (χ2v) is 6.92. The zero-order chi connectivity index (χ0) is 18.1. The van der Waals surface area contributed by atoms with Gasteiger partial charge in [0.2, 0.25) is 0 Å². The highest BCUT2D eigenvalue weighted by atomic mass is 16.3. The van der Waals surface area contributed by atoms with E-state index in [1.54, 1.807) is 17.8 Å². The Kier molecular flexibility index (Phi) is 4.94. The lowest BCUT2D eigenvalue weighted by Crippen LogP contribution is -2.36. The molecule has 25 heavy (non-hydrogen) atoms. The van der Waals surface area contributed by atoms with Crippen LogP contribution in [-0.4, -0.2) is 38.4 Å². The number of fused-ring (bicyclic) bond motifs is 1. The lowest BCUT2D eigenvalue weighted by Gasteiger charge is -2.20. The van der Waals surface area contributed by atoms with Crippen LogP contribution in [0, 0.1) is 5.92 Å². The van der Waals surface area contributed by atoms with E-state index in [1.165, 1.54) is 0 Å². The molecule has 0 aliphatic heterocycles. The zero-order valence-electron chi connectivity index (χ0n) is 15.0. The van der Waals surface area contributed by atoms with E-state index in [4.69, 9.17) is 0 Å². The first-order valence-corrected chi connectivity index (χ1v) is 9.02. The van der Waals surface area contributed by atoms with Crippen LogP contribution in [0.15, 0.2) is 10.9 Å². The van der Waals surface area contributed by atoms with Crippen LogP contribution in [-0.2, 0) is 7.05 Å². The fourth-order valence-corrected chi connectivity index (χ4v) is 3.34. The highest BCUT2D eigenvalue weighted by Crippen LogP contribution is 2.39. The molecule has 0 bridgehead atoms. The number of carbonyl (C=O) groups is 1. The molecule has 1 aliphatic rings. The van der Waals surface area contributed by atoms with Gasteiger partial charge in [0.25, 0.3) is 11.5 Å². The minimum absolute atomic E-state index is 0.153. The van der Waals surface area contributed by atoms with Gasteiger partial charge in [-0.2, -0.15) is 0 Å². The summed E-state index contributed by atoms with van der Waals surface area (Å²) < 4.78 is 1.55. The lowest BCUT2D eigenvalue weighted by molar-refractivity contribution is 0.0817. The molecule has 3 rings (SSSR count). The van der Waals surface area contributed by atoms with Gasteiger partial charge in [0, 0.05) is 25.2 Å². The molecule has 0 spiro atoms. The van der Waals surface area contributed by atoms with Gasteiger partial charge in [-0.15, -0.1) is 0 Å². The maximum absolute atomic E-state index is 12.7. The first-order valence-electron chi connectivity index (χ1n) is 9.02. The number of aryl methyl sites for hydroxylation is 1. The molecule has 1 amide bonds. The molecule has 0 radical (unpaired) electrons. The second-order valence-electron chi connectivity index (χ2n) is 6.92. The number of aromatic amines is 1. The number of carbonyl (C=O) groups excluding carboxylic acids is 1. The molecule has 0 saturated heterocycles. The molecule has 7 nitrogen and oxygen atoms in total. The fourth-order valence-electron chi connectivity index (χ4n) is 3.34. The summed E-state index contributed by atoms with van der Waals surface area (Å²) in [6.45, 7) is 4.23. The summed E-state index contributed by atoms with van der Waals surface area (Å²) in [5, 5.41) is 16.0. The summed E-state index contributed by atoms with van der Waals surface area (Å²) in [5.74, 6) is 0.187. The minimum atomic E-state index is -0.590. The van der Waals surface area contributed by atoms with E-state index in [0.717, 1.165) is 31.4 Å². The van der Waals surface area contributed by atoms with Crippen LogP contribution in [0.1, 0.15) is 61.5 Å². The van der Waals surface area contributed by atoms with E-state index >= 15 is 0 Å². The molecule has 7 heteroatoms. The average Bonchev–Trinajstić information content (AvgIpc) is 3.40.